The molecule has 0 saturated heterocycles. The van der Waals surface area contributed by atoms with Crippen molar-refractivity contribution in [3.63, 3.8) is 0 Å². The van der Waals surface area contributed by atoms with E-state index >= 15 is 0 Å². The molecule has 124 valence electrons. The number of benzene rings is 1. The molecule has 0 saturated carbocycles. The van der Waals surface area contributed by atoms with Gasteiger partial charge in [0, 0.05) is 12.5 Å². The highest BCUT2D eigenvalue weighted by Gasteiger charge is 2.12. The second-order valence-corrected chi connectivity index (χ2v) is 6.22. The molecule has 1 atom stereocenters. The normalized spacial score (nSPS) is 12.0. The molecule has 2 amide bonds. The Hall–Kier alpha value is -2.19. The van der Waals surface area contributed by atoms with Crippen LogP contribution >= 0.6 is 11.3 Å². The van der Waals surface area contributed by atoms with Crippen LogP contribution in [0.2, 0.25) is 0 Å². The van der Waals surface area contributed by atoms with Crippen molar-refractivity contribution in [1.82, 2.24) is 15.5 Å². The van der Waals surface area contributed by atoms with Crippen molar-refractivity contribution in [1.29, 1.82) is 0 Å². The summed E-state index contributed by atoms with van der Waals surface area (Å²) in [6.45, 7) is 4.19. The molecule has 0 radical (unpaired) electrons. The van der Waals surface area contributed by atoms with E-state index in [0.29, 0.717) is 10.9 Å². The van der Waals surface area contributed by atoms with Gasteiger partial charge in [0.15, 0.2) is 0 Å². The highest BCUT2D eigenvalue weighted by atomic mass is 32.1. The lowest BCUT2D eigenvalue weighted by Gasteiger charge is -2.13. The van der Waals surface area contributed by atoms with E-state index in [-0.39, 0.29) is 19.1 Å². The number of nitrogens with one attached hydrogen (secondary N) is 2. The molecule has 1 aromatic heterocycles. The van der Waals surface area contributed by atoms with Crippen LogP contribution in [0.3, 0.4) is 0 Å². The zero-order valence-electron chi connectivity index (χ0n) is 13.0. The molecule has 23 heavy (non-hydrogen) atoms. The van der Waals surface area contributed by atoms with Crippen molar-refractivity contribution in [2.75, 3.05) is 18.5 Å². The summed E-state index contributed by atoms with van der Waals surface area (Å²) in [7, 11) is 0. The zero-order chi connectivity index (χ0) is 16.7. The third-order valence-corrected chi connectivity index (χ3v) is 3.98. The summed E-state index contributed by atoms with van der Waals surface area (Å²) >= 11 is 1.33. The first-order valence-corrected chi connectivity index (χ1v) is 8.10. The lowest BCUT2D eigenvalue weighted by molar-refractivity contribution is 0.108. The number of hydrogen-bond donors (Lipinski definition) is 3. The van der Waals surface area contributed by atoms with E-state index in [1.807, 2.05) is 32.0 Å². The van der Waals surface area contributed by atoms with Gasteiger partial charge in [0.05, 0.1) is 0 Å². The van der Waals surface area contributed by atoms with Crippen LogP contribution in [0, 0.1) is 0 Å². The van der Waals surface area contributed by atoms with Gasteiger partial charge < -0.3 is 15.2 Å². The molecular formula is C15H20N4O3S. The first kappa shape index (κ1) is 17.2. The van der Waals surface area contributed by atoms with Crippen LogP contribution < -0.4 is 15.4 Å². The lowest BCUT2D eigenvalue weighted by Crippen LogP contribution is -2.37. The molecule has 1 heterocycles. The third kappa shape index (κ3) is 5.84. The van der Waals surface area contributed by atoms with Crippen molar-refractivity contribution in [3.05, 3.63) is 35.3 Å². The van der Waals surface area contributed by atoms with Crippen LogP contribution in [0.1, 0.15) is 24.8 Å². The van der Waals surface area contributed by atoms with E-state index in [9.17, 15) is 9.90 Å². The second kappa shape index (κ2) is 8.44. The Kier molecular flexibility index (Phi) is 6.30. The number of aliphatic hydroxyl groups excluding tert-OH is 1. The monoisotopic (exact) mass is 336 g/mol. The number of rotatable bonds is 7. The molecule has 0 aliphatic rings. The third-order valence-electron chi connectivity index (χ3n) is 2.84. The van der Waals surface area contributed by atoms with Crippen molar-refractivity contribution in [3.8, 4) is 5.75 Å². The van der Waals surface area contributed by atoms with E-state index in [0.717, 1.165) is 5.01 Å². The summed E-state index contributed by atoms with van der Waals surface area (Å²) in [5.74, 6) is 0.939. The van der Waals surface area contributed by atoms with Gasteiger partial charge in [-0.05, 0) is 12.1 Å². The lowest BCUT2D eigenvalue weighted by atomic mass is 10.2. The highest BCUT2D eigenvalue weighted by Crippen LogP contribution is 2.22. The Morgan fingerprint density at radius 3 is 2.70 bits per heavy atom. The van der Waals surface area contributed by atoms with Gasteiger partial charge in [0.25, 0.3) is 0 Å². The van der Waals surface area contributed by atoms with Gasteiger partial charge in [-0.15, -0.1) is 10.2 Å². The predicted octanol–water partition coefficient (Wildman–Crippen LogP) is 2.22. The average Bonchev–Trinajstić information content (AvgIpc) is 3.00. The molecule has 2 aromatic rings. The Morgan fingerprint density at radius 1 is 1.30 bits per heavy atom. The Balaban J connectivity index is 1.68. The molecule has 0 bridgehead atoms. The molecule has 2 rings (SSSR count). The van der Waals surface area contributed by atoms with E-state index in [4.69, 9.17) is 4.74 Å². The molecule has 1 aromatic carbocycles. The molecule has 7 nitrogen and oxygen atoms in total. The number of aromatic nitrogens is 2. The Bertz CT molecular complexity index is 618. The van der Waals surface area contributed by atoms with Crippen LogP contribution in [-0.4, -0.2) is 40.6 Å². The molecule has 8 heteroatoms. The number of ether oxygens (including phenoxy) is 1. The number of anilines is 1. The maximum Gasteiger partial charge on any atom is 0.321 e. The fraction of sp³-hybridized carbons (Fsp3) is 0.400. The minimum atomic E-state index is -0.804. The largest absolute Gasteiger partial charge is 0.491 e. The van der Waals surface area contributed by atoms with E-state index in [1.165, 1.54) is 11.3 Å². The smallest absolute Gasteiger partial charge is 0.321 e. The first-order chi connectivity index (χ1) is 11.0. The van der Waals surface area contributed by atoms with Crippen molar-refractivity contribution >= 4 is 22.5 Å². The van der Waals surface area contributed by atoms with Crippen LogP contribution in [0.4, 0.5) is 9.93 Å². The second-order valence-electron chi connectivity index (χ2n) is 5.21. The number of nitrogens with zero attached hydrogens (tertiary/aromatic N) is 2. The minimum absolute atomic E-state index is 0.0779. The number of para-hydroxylation sites is 1. The summed E-state index contributed by atoms with van der Waals surface area (Å²) < 4.78 is 5.41. The standard InChI is InChI=1S/C15H20N4O3S/c1-10(2)13-18-19-15(23-13)17-14(21)16-8-11(20)9-22-12-6-4-3-5-7-12/h3-7,10-11,20H,8-9H2,1-2H3,(H2,16,17,19,21)/t11-/m0/s1. The number of carbonyl (C=O) groups excluding carboxylic acids is 1. The summed E-state index contributed by atoms with van der Waals surface area (Å²) in [6.07, 6.45) is -0.804. The number of aliphatic hydroxyl groups is 1. The molecule has 0 fully saturated rings. The molecular weight excluding hydrogens is 316 g/mol. The molecule has 0 aliphatic heterocycles. The van der Waals surface area contributed by atoms with Crippen molar-refractivity contribution in [2.45, 2.75) is 25.9 Å². The minimum Gasteiger partial charge on any atom is -0.491 e. The summed E-state index contributed by atoms with van der Waals surface area (Å²) in [6, 6.07) is 8.74. The van der Waals surface area contributed by atoms with Gasteiger partial charge in [-0.25, -0.2) is 4.79 Å². The van der Waals surface area contributed by atoms with E-state index in [2.05, 4.69) is 20.8 Å². The van der Waals surface area contributed by atoms with Gasteiger partial charge in [-0.2, -0.15) is 0 Å². The summed E-state index contributed by atoms with van der Waals surface area (Å²) in [5.41, 5.74) is 0. The molecule has 0 aliphatic carbocycles. The molecule has 0 unspecified atom stereocenters. The zero-order valence-corrected chi connectivity index (χ0v) is 13.8. The Morgan fingerprint density at radius 2 is 2.04 bits per heavy atom. The summed E-state index contributed by atoms with van der Waals surface area (Å²) in [4.78, 5) is 11.7. The van der Waals surface area contributed by atoms with Crippen LogP contribution in [0.5, 0.6) is 5.75 Å². The molecule has 3 N–H and O–H groups in total. The maximum absolute atomic E-state index is 11.7. The quantitative estimate of drug-likeness (QED) is 0.720. The van der Waals surface area contributed by atoms with Gasteiger partial charge >= 0.3 is 6.03 Å². The van der Waals surface area contributed by atoms with Gasteiger partial charge in [-0.3, -0.25) is 5.32 Å². The van der Waals surface area contributed by atoms with Crippen LogP contribution in [0.25, 0.3) is 0 Å². The van der Waals surface area contributed by atoms with E-state index < -0.39 is 12.1 Å². The maximum atomic E-state index is 11.7. The number of amides is 2. The number of urea groups is 1. The van der Waals surface area contributed by atoms with Gasteiger partial charge in [0.2, 0.25) is 5.13 Å². The summed E-state index contributed by atoms with van der Waals surface area (Å²) in [5, 5.41) is 24.1. The fourth-order valence-corrected chi connectivity index (χ4v) is 2.38. The van der Waals surface area contributed by atoms with Crippen molar-refractivity contribution in [2.24, 2.45) is 0 Å². The average molecular weight is 336 g/mol. The topological polar surface area (TPSA) is 96.4 Å². The van der Waals surface area contributed by atoms with Crippen molar-refractivity contribution < 1.29 is 14.6 Å². The Labute approximate surface area is 138 Å². The fourth-order valence-electron chi connectivity index (χ4n) is 1.64. The number of hydrogen-bond acceptors (Lipinski definition) is 6. The van der Waals surface area contributed by atoms with Gasteiger partial charge in [0.1, 0.15) is 23.5 Å². The van der Waals surface area contributed by atoms with E-state index in [1.54, 1.807) is 12.1 Å². The van der Waals surface area contributed by atoms with Gasteiger partial charge in [-0.1, -0.05) is 43.4 Å². The van der Waals surface area contributed by atoms with Crippen LogP contribution in [-0.2, 0) is 0 Å². The highest BCUT2D eigenvalue weighted by molar-refractivity contribution is 7.15. The SMILES string of the molecule is CC(C)c1nnc(NC(=O)NC[C@H](O)COc2ccccc2)s1. The number of carbonyl (C=O) groups is 1. The molecule has 0 spiro atoms. The predicted molar refractivity (Wildman–Crippen MR) is 89.0 cm³/mol. The van der Waals surface area contributed by atoms with Crippen LogP contribution in [0.15, 0.2) is 30.3 Å². The first-order valence-electron chi connectivity index (χ1n) is 7.28.